The molecule has 1 aromatic carbocycles. The smallest absolute Gasteiger partial charge is 0.229 e. The topological polar surface area (TPSA) is 79.7 Å². The molecule has 2 saturated heterocycles. The van der Waals surface area contributed by atoms with Gasteiger partial charge in [-0.1, -0.05) is 30.3 Å². The Kier molecular flexibility index (Phi) is 7.32. The molecule has 8 heteroatoms. The summed E-state index contributed by atoms with van der Waals surface area (Å²) >= 11 is 0. The summed E-state index contributed by atoms with van der Waals surface area (Å²) in [7, 11) is 0. The van der Waals surface area contributed by atoms with Crippen LogP contribution in [-0.2, 0) is 20.8 Å². The Hall–Kier alpha value is -2.71. The van der Waals surface area contributed by atoms with Crippen molar-refractivity contribution in [1.29, 1.82) is 0 Å². The maximum atomic E-state index is 12.6. The van der Waals surface area contributed by atoms with Gasteiger partial charge in [-0.15, -0.1) is 0 Å². The van der Waals surface area contributed by atoms with Crippen molar-refractivity contribution in [1.82, 2.24) is 19.7 Å². The SMILES string of the molecule is O=C(Cc1ccccc1)Nc1ccnn1C1CCN(C(=O)CCN2CCCCO2)CC1. The van der Waals surface area contributed by atoms with E-state index in [9.17, 15) is 9.59 Å². The number of amides is 2. The van der Waals surface area contributed by atoms with Gasteiger partial charge in [0.25, 0.3) is 0 Å². The number of benzene rings is 1. The van der Waals surface area contributed by atoms with Crippen LogP contribution in [0.5, 0.6) is 0 Å². The molecule has 0 atom stereocenters. The summed E-state index contributed by atoms with van der Waals surface area (Å²) in [6, 6.07) is 11.7. The monoisotopic (exact) mass is 425 g/mol. The van der Waals surface area contributed by atoms with Crippen LogP contribution in [0.3, 0.4) is 0 Å². The molecule has 8 nitrogen and oxygen atoms in total. The molecule has 0 saturated carbocycles. The number of nitrogens with zero attached hydrogens (tertiary/aromatic N) is 4. The van der Waals surface area contributed by atoms with Crippen LogP contribution >= 0.6 is 0 Å². The third-order valence-electron chi connectivity index (χ3n) is 5.96. The van der Waals surface area contributed by atoms with Gasteiger partial charge in [-0.2, -0.15) is 10.2 Å². The van der Waals surface area contributed by atoms with Crippen LogP contribution in [0.4, 0.5) is 5.82 Å². The maximum Gasteiger partial charge on any atom is 0.229 e. The number of nitrogens with one attached hydrogen (secondary N) is 1. The first-order valence-corrected chi connectivity index (χ1v) is 11.2. The van der Waals surface area contributed by atoms with Crippen molar-refractivity contribution in [2.75, 3.05) is 38.1 Å². The van der Waals surface area contributed by atoms with Gasteiger partial charge < -0.3 is 10.2 Å². The number of anilines is 1. The molecule has 1 aromatic heterocycles. The number of carbonyl (C=O) groups excluding carboxylic acids is 2. The summed E-state index contributed by atoms with van der Waals surface area (Å²) in [4.78, 5) is 32.5. The molecule has 31 heavy (non-hydrogen) atoms. The zero-order chi connectivity index (χ0) is 21.5. The zero-order valence-electron chi connectivity index (χ0n) is 17.9. The Balaban J connectivity index is 1.25. The van der Waals surface area contributed by atoms with E-state index < -0.39 is 0 Å². The molecule has 1 N–H and O–H groups in total. The standard InChI is InChI=1S/C23H31N5O3/c29-22(18-19-6-2-1-3-7-19)25-21-8-12-24-28(21)20-9-14-26(15-10-20)23(30)11-16-27-13-4-5-17-31-27/h1-3,6-8,12,20H,4-5,9-11,13-18H2,(H,25,29). The first-order chi connectivity index (χ1) is 15.2. The summed E-state index contributed by atoms with van der Waals surface area (Å²) in [5.74, 6) is 0.845. The maximum absolute atomic E-state index is 12.6. The van der Waals surface area contributed by atoms with E-state index >= 15 is 0 Å². The van der Waals surface area contributed by atoms with Gasteiger partial charge in [-0.05, 0) is 31.2 Å². The number of aromatic nitrogens is 2. The molecular formula is C23H31N5O3. The second kappa shape index (κ2) is 10.5. The van der Waals surface area contributed by atoms with Gasteiger partial charge in [-0.3, -0.25) is 14.4 Å². The second-order valence-electron chi connectivity index (χ2n) is 8.20. The van der Waals surface area contributed by atoms with E-state index in [2.05, 4.69) is 10.4 Å². The molecule has 2 amide bonds. The third-order valence-corrected chi connectivity index (χ3v) is 5.96. The number of hydrogen-bond donors (Lipinski definition) is 1. The number of piperidine rings is 1. The molecule has 0 radical (unpaired) electrons. The van der Waals surface area contributed by atoms with E-state index in [0.717, 1.165) is 44.4 Å². The van der Waals surface area contributed by atoms with Crippen molar-refractivity contribution in [2.45, 2.75) is 44.6 Å². The quantitative estimate of drug-likeness (QED) is 0.738. The van der Waals surface area contributed by atoms with E-state index in [-0.39, 0.29) is 17.9 Å². The third kappa shape index (κ3) is 5.92. The molecule has 0 bridgehead atoms. The van der Waals surface area contributed by atoms with E-state index in [4.69, 9.17) is 4.84 Å². The average Bonchev–Trinajstić information content (AvgIpc) is 3.27. The van der Waals surface area contributed by atoms with Crippen LogP contribution < -0.4 is 5.32 Å². The molecule has 2 fully saturated rings. The highest BCUT2D eigenvalue weighted by Gasteiger charge is 2.26. The average molecular weight is 426 g/mol. The lowest BCUT2D eigenvalue weighted by Crippen LogP contribution is -2.41. The Labute approximate surface area is 183 Å². The first-order valence-electron chi connectivity index (χ1n) is 11.2. The highest BCUT2D eigenvalue weighted by Crippen LogP contribution is 2.26. The molecule has 2 aliphatic rings. The first kappa shape index (κ1) is 21.5. The highest BCUT2D eigenvalue weighted by atomic mass is 16.7. The Morgan fingerprint density at radius 2 is 1.87 bits per heavy atom. The minimum absolute atomic E-state index is 0.0551. The fourth-order valence-corrected chi connectivity index (χ4v) is 4.24. The largest absolute Gasteiger partial charge is 0.342 e. The summed E-state index contributed by atoms with van der Waals surface area (Å²) in [6.07, 6.45) is 6.43. The highest BCUT2D eigenvalue weighted by molar-refractivity contribution is 5.91. The minimum atomic E-state index is -0.0551. The zero-order valence-corrected chi connectivity index (χ0v) is 17.9. The summed E-state index contributed by atoms with van der Waals surface area (Å²) in [6.45, 7) is 3.75. The molecule has 0 spiro atoms. The summed E-state index contributed by atoms with van der Waals surface area (Å²) in [5.41, 5.74) is 0.979. The van der Waals surface area contributed by atoms with Gasteiger partial charge >= 0.3 is 0 Å². The van der Waals surface area contributed by atoms with Gasteiger partial charge in [0.2, 0.25) is 11.8 Å². The van der Waals surface area contributed by atoms with Crippen LogP contribution in [0.1, 0.15) is 43.7 Å². The van der Waals surface area contributed by atoms with Crippen molar-refractivity contribution in [2.24, 2.45) is 0 Å². The lowest BCUT2D eigenvalue weighted by atomic mass is 10.0. The predicted octanol–water partition coefficient (Wildman–Crippen LogP) is 2.65. The van der Waals surface area contributed by atoms with Gasteiger partial charge in [-0.25, -0.2) is 4.68 Å². The second-order valence-corrected chi connectivity index (χ2v) is 8.20. The normalized spacial score (nSPS) is 18.1. The predicted molar refractivity (Wildman–Crippen MR) is 117 cm³/mol. The number of carbonyl (C=O) groups is 2. The minimum Gasteiger partial charge on any atom is -0.342 e. The number of hydroxylamine groups is 2. The van der Waals surface area contributed by atoms with Crippen molar-refractivity contribution in [3.8, 4) is 0 Å². The number of hydrogen-bond acceptors (Lipinski definition) is 5. The van der Waals surface area contributed by atoms with E-state index in [1.165, 1.54) is 0 Å². The van der Waals surface area contributed by atoms with Gasteiger partial charge in [0.05, 0.1) is 25.3 Å². The fraction of sp³-hybridized carbons (Fsp3) is 0.522. The van der Waals surface area contributed by atoms with Crippen molar-refractivity contribution in [3.63, 3.8) is 0 Å². The van der Waals surface area contributed by atoms with Crippen LogP contribution in [0.15, 0.2) is 42.6 Å². The van der Waals surface area contributed by atoms with Crippen LogP contribution in [0.25, 0.3) is 0 Å². The molecule has 2 aliphatic heterocycles. The number of likely N-dealkylation sites (tertiary alicyclic amines) is 1. The molecule has 166 valence electrons. The van der Waals surface area contributed by atoms with E-state index in [1.807, 2.05) is 51.0 Å². The summed E-state index contributed by atoms with van der Waals surface area (Å²) in [5, 5.41) is 9.35. The fourth-order valence-electron chi connectivity index (χ4n) is 4.24. The van der Waals surface area contributed by atoms with Crippen LogP contribution in [-0.4, -0.2) is 64.3 Å². The Morgan fingerprint density at radius 3 is 2.61 bits per heavy atom. The van der Waals surface area contributed by atoms with Crippen LogP contribution in [0, 0.1) is 0 Å². The van der Waals surface area contributed by atoms with E-state index in [1.54, 1.807) is 6.20 Å². The molecule has 3 heterocycles. The molecular weight excluding hydrogens is 394 g/mol. The Bertz CT molecular complexity index is 855. The van der Waals surface area contributed by atoms with Crippen molar-refractivity contribution < 1.29 is 14.4 Å². The molecule has 0 unspecified atom stereocenters. The lowest BCUT2D eigenvalue weighted by Gasteiger charge is -2.33. The number of rotatable bonds is 7. The van der Waals surface area contributed by atoms with Crippen molar-refractivity contribution >= 4 is 17.6 Å². The Morgan fingerprint density at radius 1 is 1.06 bits per heavy atom. The summed E-state index contributed by atoms with van der Waals surface area (Å²) < 4.78 is 1.90. The molecule has 4 rings (SSSR count). The van der Waals surface area contributed by atoms with Crippen molar-refractivity contribution in [3.05, 3.63) is 48.2 Å². The van der Waals surface area contributed by atoms with Gasteiger partial charge in [0.1, 0.15) is 5.82 Å². The van der Waals surface area contributed by atoms with Crippen LogP contribution in [0.2, 0.25) is 0 Å². The van der Waals surface area contributed by atoms with Gasteiger partial charge in [0, 0.05) is 38.7 Å². The lowest BCUT2D eigenvalue weighted by molar-refractivity contribution is -0.182. The van der Waals surface area contributed by atoms with E-state index in [0.29, 0.717) is 38.3 Å². The molecule has 2 aromatic rings. The van der Waals surface area contributed by atoms with Gasteiger partial charge in [0.15, 0.2) is 0 Å². The molecule has 0 aliphatic carbocycles.